The van der Waals surface area contributed by atoms with E-state index >= 15 is 0 Å². The van der Waals surface area contributed by atoms with E-state index in [9.17, 15) is 14.7 Å². The number of nitrogens with zero attached hydrogens (tertiary/aromatic N) is 1. The van der Waals surface area contributed by atoms with Crippen LogP contribution in [-0.4, -0.2) is 54.0 Å². The van der Waals surface area contributed by atoms with Crippen molar-refractivity contribution >= 4 is 12.1 Å². The molecule has 6 heteroatoms. The summed E-state index contributed by atoms with van der Waals surface area (Å²) in [5.41, 5.74) is -0.858. The topological polar surface area (TPSA) is 76.1 Å². The summed E-state index contributed by atoms with van der Waals surface area (Å²) >= 11 is 0. The van der Waals surface area contributed by atoms with E-state index < -0.39 is 17.5 Å². The van der Waals surface area contributed by atoms with Gasteiger partial charge in [0.05, 0.1) is 12.5 Å². The number of carbonyl (C=O) groups excluding carboxylic acids is 1. The van der Waals surface area contributed by atoms with Crippen molar-refractivity contribution in [3.63, 3.8) is 0 Å². The van der Waals surface area contributed by atoms with Gasteiger partial charge < -0.3 is 19.5 Å². The molecule has 1 atom stereocenters. The van der Waals surface area contributed by atoms with Crippen molar-refractivity contribution in [2.24, 2.45) is 11.3 Å². The highest BCUT2D eigenvalue weighted by Crippen LogP contribution is 2.44. The van der Waals surface area contributed by atoms with Crippen molar-refractivity contribution in [1.29, 1.82) is 0 Å². The molecule has 0 saturated carbocycles. The fraction of sp³-hybridized carbons (Fsp3) is 0.846. The van der Waals surface area contributed by atoms with Gasteiger partial charge in [-0.25, -0.2) is 4.79 Å². The summed E-state index contributed by atoms with van der Waals surface area (Å²) in [5, 5.41) is 9.24. The number of aliphatic carboxylic acids is 1. The second-order valence-electron chi connectivity index (χ2n) is 6.41. The number of ether oxygens (including phenoxy) is 2. The Morgan fingerprint density at radius 3 is 2.53 bits per heavy atom. The van der Waals surface area contributed by atoms with Gasteiger partial charge in [0.25, 0.3) is 0 Å². The summed E-state index contributed by atoms with van der Waals surface area (Å²) in [4.78, 5) is 24.7. The van der Waals surface area contributed by atoms with Crippen LogP contribution in [0.25, 0.3) is 0 Å². The van der Waals surface area contributed by atoms with E-state index in [1.807, 2.05) is 20.8 Å². The first-order valence-electron chi connectivity index (χ1n) is 6.52. The maximum Gasteiger partial charge on any atom is 0.410 e. The highest BCUT2D eigenvalue weighted by Gasteiger charge is 2.55. The molecule has 0 aromatic carbocycles. The molecule has 1 N–H and O–H groups in total. The summed E-state index contributed by atoms with van der Waals surface area (Å²) in [5.74, 6) is -1.37. The second kappa shape index (κ2) is 4.67. The fourth-order valence-corrected chi connectivity index (χ4v) is 2.71. The van der Waals surface area contributed by atoms with Crippen LogP contribution in [0.3, 0.4) is 0 Å². The summed E-state index contributed by atoms with van der Waals surface area (Å²) in [6.07, 6.45) is 0.317. The normalized spacial score (nSPS) is 25.8. The molecule has 2 fully saturated rings. The van der Waals surface area contributed by atoms with Crippen molar-refractivity contribution in [3.05, 3.63) is 0 Å². The van der Waals surface area contributed by atoms with E-state index in [4.69, 9.17) is 9.47 Å². The average molecular weight is 271 g/mol. The molecule has 19 heavy (non-hydrogen) atoms. The van der Waals surface area contributed by atoms with Gasteiger partial charge in [-0.05, 0) is 27.2 Å². The van der Waals surface area contributed by atoms with Gasteiger partial charge in [-0.2, -0.15) is 0 Å². The van der Waals surface area contributed by atoms with E-state index in [1.54, 1.807) is 4.90 Å². The Balaban J connectivity index is 1.96. The lowest BCUT2D eigenvalue weighted by molar-refractivity contribution is -0.170. The van der Waals surface area contributed by atoms with E-state index in [0.29, 0.717) is 26.1 Å². The number of amides is 1. The molecule has 0 bridgehead atoms. The number of rotatable bonds is 1. The predicted molar refractivity (Wildman–Crippen MR) is 66.8 cm³/mol. The molecule has 2 aliphatic rings. The third-order valence-electron chi connectivity index (χ3n) is 3.73. The van der Waals surface area contributed by atoms with E-state index in [1.165, 1.54) is 0 Å². The molecule has 0 unspecified atom stereocenters. The number of hydrogen-bond donors (Lipinski definition) is 1. The molecule has 6 nitrogen and oxygen atoms in total. The van der Waals surface area contributed by atoms with Gasteiger partial charge in [0.1, 0.15) is 5.60 Å². The van der Waals surface area contributed by atoms with Gasteiger partial charge in [-0.1, -0.05) is 0 Å². The van der Waals surface area contributed by atoms with Gasteiger partial charge in [0.2, 0.25) is 0 Å². The van der Waals surface area contributed by atoms with Crippen LogP contribution in [0.1, 0.15) is 27.2 Å². The molecule has 0 aromatic rings. The maximum absolute atomic E-state index is 11.9. The Kier molecular flexibility index (Phi) is 3.47. The molecule has 1 amide bonds. The summed E-state index contributed by atoms with van der Waals surface area (Å²) in [6.45, 7) is 7.13. The molecule has 1 spiro atoms. The first-order valence-corrected chi connectivity index (χ1v) is 6.52. The Hall–Kier alpha value is -1.30. The minimum atomic E-state index is -0.844. The summed E-state index contributed by atoms with van der Waals surface area (Å²) in [6, 6.07) is 0. The number of carbonyl (C=O) groups is 2. The van der Waals surface area contributed by atoms with Crippen molar-refractivity contribution in [3.8, 4) is 0 Å². The highest BCUT2D eigenvalue weighted by molar-refractivity contribution is 5.74. The molecule has 0 radical (unpaired) electrons. The van der Waals surface area contributed by atoms with Gasteiger partial charge in [-0.15, -0.1) is 0 Å². The zero-order chi connectivity index (χ0) is 14.3. The van der Waals surface area contributed by atoms with Crippen LogP contribution in [0.5, 0.6) is 0 Å². The minimum absolute atomic E-state index is 0.234. The highest BCUT2D eigenvalue weighted by atomic mass is 16.6. The second-order valence-corrected chi connectivity index (χ2v) is 6.41. The lowest BCUT2D eigenvalue weighted by Gasteiger charge is -2.54. The number of likely N-dealkylation sites (tertiary alicyclic amines) is 1. The molecular weight excluding hydrogens is 250 g/mol. The molecule has 0 aromatic heterocycles. The Labute approximate surface area is 112 Å². The average Bonchev–Trinajstić information content (AvgIpc) is 2.23. The summed E-state index contributed by atoms with van der Waals surface area (Å²) < 4.78 is 10.5. The molecule has 2 saturated heterocycles. The standard InChI is InChI=1S/C13H21NO5/c1-12(2,3)19-11(17)14-7-13(8-14)4-5-18-6-9(13)10(15)16/h9H,4-8H2,1-3H3,(H,15,16)/t9-/m0/s1. The first kappa shape index (κ1) is 14.1. The molecular formula is C13H21NO5. The molecule has 108 valence electrons. The molecule has 2 aliphatic heterocycles. The third kappa shape index (κ3) is 2.83. The van der Waals surface area contributed by atoms with Crippen molar-refractivity contribution in [2.75, 3.05) is 26.3 Å². The van der Waals surface area contributed by atoms with Crippen LogP contribution < -0.4 is 0 Å². The van der Waals surface area contributed by atoms with E-state index in [-0.39, 0.29) is 18.1 Å². The Morgan fingerprint density at radius 2 is 2.00 bits per heavy atom. The quantitative estimate of drug-likeness (QED) is 0.779. The first-order chi connectivity index (χ1) is 8.73. The Bertz CT molecular complexity index is 381. The lowest BCUT2D eigenvalue weighted by Crippen LogP contribution is -2.65. The van der Waals surface area contributed by atoms with Crippen molar-refractivity contribution in [2.45, 2.75) is 32.8 Å². The van der Waals surface area contributed by atoms with Crippen LogP contribution in [-0.2, 0) is 14.3 Å². The van der Waals surface area contributed by atoms with E-state index in [2.05, 4.69) is 0 Å². The van der Waals surface area contributed by atoms with Crippen LogP contribution in [0.2, 0.25) is 0 Å². The largest absolute Gasteiger partial charge is 0.481 e. The van der Waals surface area contributed by atoms with Crippen LogP contribution in [0, 0.1) is 11.3 Å². The molecule has 2 heterocycles. The van der Waals surface area contributed by atoms with Gasteiger partial charge in [0.15, 0.2) is 0 Å². The maximum atomic E-state index is 11.9. The zero-order valence-electron chi connectivity index (χ0n) is 11.6. The number of carboxylic acid groups (broad SMARTS) is 1. The summed E-state index contributed by atoms with van der Waals surface area (Å²) in [7, 11) is 0. The van der Waals surface area contributed by atoms with Gasteiger partial charge in [-0.3, -0.25) is 4.79 Å². The SMILES string of the molecule is CC(C)(C)OC(=O)N1CC2(CCOC[C@H]2C(=O)O)C1. The third-order valence-corrected chi connectivity index (χ3v) is 3.73. The monoisotopic (exact) mass is 271 g/mol. The van der Waals surface area contributed by atoms with Crippen LogP contribution in [0.4, 0.5) is 4.79 Å². The zero-order valence-corrected chi connectivity index (χ0v) is 11.6. The van der Waals surface area contributed by atoms with Crippen LogP contribution >= 0.6 is 0 Å². The van der Waals surface area contributed by atoms with Crippen molar-refractivity contribution < 1.29 is 24.2 Å². The van der Waals surface area contributed by atoms with Crippen LogP contribution in [0.15, 0.2) is 0 Å². The fourth-order valence-electron chi connectivity index (χ4n) is 2.71. The molecule has 0 aliphatic carbocycles. The predicted octanol–water partition coefficient (Wildman–Crippen LogP) is 1.34. The van der Waals surface area contributed by atoms with Crippen molar-refractivity contribution in [1.82, 2.24) is 4.90 Å². The van der Waals surface area contributed by atoms with Gasteiger partial charge in [0, 0.05) is 25.1 Å². The minimum Gasteiger partial charge on any atom is -0.481 e. The number of hydrogen-bond acceptors (Lipinski definition) is 4. The molecule has 2 rings (SSSR count). The smallest absolute Gasteiger partial charge is 0.410 e. The number of carboxylic acids is 1. The van der Waals surface area contributed by atoms with Gasteiger partial charge >= 0.3 is 12.1 Å². The Morgan fingerprint density at radius 1 is 1.37 bits per heavy atom. The lowest BCUT2D eigenvalue weighted by atomic mass is 9.66. The van der Waals surface area contributed by atoms with E-state index in [0.717, 1.165) is 0 Å².